The molecule has 0 amide bonds. The molecule has 9 aromatic carbocycles. The van der Waals surface area contributed by atoms with E-state index in [0.29, 0.717) is 56.9 Å². The van der Waals surface area contributed by atoms with Crippen molar-refractivity contribution in [1.29, 1.82) is 10.5 Å². The first-order valence-electron chi connectivity index (χ1n) is 23.9. The molecular weight excluding hydrogens is 921 g/mol. The van der Waals surface area contributed by atoms with Gasteiger partial charge in [-0.1, -0.05) is 146 Å². The fourth-order valence-electron chi connectivity index (χ4n) is 9.52. The van der Waals surface area contributed by atoms with E-state index in [1.54, 1.807) is 36.4 Å². The topological polar surface area (TPSA) is 126 Å². The zero-order chi connectivity index (χ0) is 50.8. The van der Waals surface area contributed by atoms with E-state index in [9.17, 15) is 10.5 Å². The Bertz CT molecular complexity index is 4080. The quantitative estimate of drug-likeness (QED) is 0.132. The molecule has 0 aliphatic heterocycles. The molecule has 10 heteroatoms. The molecule has 12 rings (SSSR count). The molecule has 0 unspecified atom stereocenters. The van der Waals surface area contributed by atoms with Gasteiger partial charge in [0.15, 0.2) is 34.7 Å². The second-order valence-corrected chi connectivity index (χ2v) is 17.7. The van der Waals surface area contributed by atoms with Crippen molar-refractivity contribution in [2.45, 2.75) is 0 Å². The molecule has 0 radical (unpaired) electrons. The fourth-order valence-corrected chi connectivity index (χ4v) is 9.52. The normalized spacial score (nSPS) is 10.9. The summed E-state index contributed by atoms with van der Waals surface area (Å²) < 4.78 is 2.19. The minimum absolute atomic E-state index is 0.359. The van der Waals surface area contributed by atoms with Crippen LogP contribution in [-0.4, -0.2) is 29.5 Å². The van der Waals surface area contributed by atoms with Gasteiger partial charge in [0, 0.05) is 55.3 Å². The molecule has 3 heterocycles. The third-order valence-corrected chi connectivity index (χ3v) is 13.1. The van der Waals surface area contributed by atoms with Crippen LogP contribution in [0.4, 0.5) is 11.4 Å². The van der Waals surface area contributed by atoms with Gasteiger partial charge in [0.05, 0.1) is 53.4 Å². The number of nitrogens with zero attached hydrogens (tertiary/aromatic N) is 10. The molecule has 0 spiro atoms. The third kappa shape index (κ3) is 8.66. The van der Waals surface area contributed by atoms with Crippen LogP contribution in [0.25, 0.3) is 128 Å². The van der Waals surface area contributed by atoms with E-state index in [0.717, 1.165) is 83.4 Å². The summed E-state index contributed by atoms with van der Waals surface area (Å²) in [5.41, 5.74) is 13.3. The number of aromatic nitrogens is 6. The van der Waals surface area contributed by atoms with Crippen LogP contribution in [0.5, 0.6) is 0 Å². The Hall–Kier alpha value is -11.2. The van der Waals surface area contributed by atoms with Crippen LogP contribution in [0.3, 0.4) is 0 Å². The minimum Gasteiger partial charge on any atom is -0.308 e. The molecule has 3 aromatic heterocycles. The highest BCUT2D eigenvalue weighted by Gasteiger charge is 2.23. The maximum atomic E-state index is 10.0. The van der Waals surface area contributed by atoms with Crippen molar-refractivity contribution in [1.82, 2.24) is 29.5 Å². The van der Waals surface area contributed by atoms with Gasteiger partial charge in [0.1, 0.15) is 0 Å². The van der Waals surface area contributed by atoms with Gasteiger partial charge in [-0.3, -0.25) is 0 Å². The van der Waals surface area contributed by atoms with E-state index in [1.165, 1.54) is 0 Å². The lowest BCUT2D eigenvalue weighted by atomic mass is 9.99. The average molecular weight is 957 g/mol. The largest absolute Gasteiger partial charge is 0.308 e. The summed E-state index contributed by atoms with van der Waals surface area (Å²) in [6, 6.07) is 75.1. The standard InChI is InChI=1S/C65H36N10/c1-68-52-31-41(39-66)29-50(33-52)47-23-26-54-55-27-24-48(51-30-42(40-67)32-53(34-51)69-2)37-61(55)75(60(54)36-47)59-28-25-49(64-70-57(43-15-7-3-8-16-43)38-58(71-64)44-17-9-4-10-18-44)35-56(59)65-73-62(45-19-11-5-12-20-45)72-63(74-65)46-21-13-6-14-22-46/h3-38H. The number of nitriles is 2. The highest BCUT2D eigenvalue weighted by atomic mass is 15.1. The Morgan fingerprint density at radius 2 is 0.760 bits per heavy atom. The van der Waals surface area contributed by atoms with Gasteiger partial charge in [-0.2, -0.15) is 10.5 Å². The number of rotatable bonds is 9. The summed E-state index contributed by atoms with van der Waals surface area (Å²) in [6.45, 7) is 15.7. The Labute approximate surface area is 431 Å². The molecule has 0 aliphatic rings. The molecule has 0 saturated heterocycles. The smallest absolute Gasteiger partial charge is 0.189 e. The van der Waals surface area contributed by atoms with Gasteiger partial charge in [0.2, 0.25) is 0 Å². The van der Waals surface area contributed by atoms with E-state index >= 15 is 0 Å². The molecule has 0 aliphatic carbocycles. The molecular formula is C65H36N10. The highest BCUT2D eigenvalue weighted by molar-refractivity contribution is 6.12. The number of benzene rings is 9. The molecule has 0 bridgehead atoms. The van der Waals surface area contributed by atoms with Crippen LogP contribution in [0.1, 0.15) is 11.1 Å². The van der Waals surface area contributed by atoms with Crippen molar-refractivity contribution in [2.75, 3.05) is 0 Å². The van der Waals surface area contributed by atoms with Gasteiger partial charge in [0.25, 0.3) is 0 Å². The second kappa shape index (κ2) is 19.2. The summed E-state index contributed by atoms with van der Waals surface area (Å²) in [5.74, 6) is 1.86. The van der Waals surface area contributed by atoms with Crippen molar-refractivity contribution >= 4 is 33.2 Å². The predicted octanol–water partition coefficient (Wildman–Crippen LogP) is 15.9. The Balaban J connectivity index is 1.19. The first kappa shape index (κ1) is 45.0. The molecule has 346 valence electrons. The van der Waals surface area contributed by atoms with E-state index in [4.69, 9.17) is 38.1 Å². The van der Waals surface area contributed by atoms with Gasteiger partial charge >= 0.3 is 0 Å². The lowest BCUT2D eigenvalue weighted by molar-refractivity contribution is 1.06. The average Bonchev–Trinajstić information content (AvgIpc) is 3.82. The summed E-state index contributed by atoms with van der Waals surface area (Å²) >= 11 is 0. The number of hydrogen-bond acceptors (Lipinski definition) is 7. The summed E-state index contributed by atoms with van der Waals surface area (Å²) in [5, 5.41) is 21.9. The summed E-state index contributed by atoms with van der Waals surface area (Å²) in [4.78, 5) is 33.6. The molecule has 10 nitrogen and oxygen atoms in total. The maximum Gasteiger partial charge on any atom is 0.189 e. The summed E-state index contributed by atoms with van der Waals surface area (Å²) in [6.07, 6.45) is 0. The van der Waals surface area contributed by atoms with Crippen LogP contribution in [-0.2, 0) is 0 Å². The Kier molecular flexibility index (Phi) is 11.5. The highest BCUT2D eigenvalue weighted by Crippen LogP contribution is 2.42. The van der Waals surface area contributed by atoms with Gasteiger partial charge in [-0.15, -0.1) is 0 Å². The molecule has 0 saturated carbocycles. The van der Waals surface area contributed by atoms with Gasteiger partial charge in [-0.25, -0.2) is 34.6 Å². The van der Waals surface area contributed by atoms with Gasteiger partial charge in [-0.05, 0) is 95.1 Å². The van der Waals surface area contributed by atoms with Crippen LogP contribution in [0.15, 0.2) is 218 Å². The van der Waals surface area contributed by atoms with Crippen molar-refractivity contribution in [3.05, 3.63) is 252 Å². The minimum atomic E-state index is 0.359. The second-order valence-electron chi connectivity index (χ2n) is 17.7. The van der Waals surface area contributed by atoms with Crippen molar-refractivity contribution in [2.24, 2.45) is 0 Å². The monoisotopic (exact) mass is 956 g/mol. The Morgan fingerprint density at radius 1 is 0.347 bits per heavy atom. The molecule has 0 fully saturated rings. The lowest BCUT2D eigenvalue weighted by Gasteiger charge is -2.17. The van der Waals surface area contributed by atoms with E-state index in [-0.39, 0.29) is 0 Å². The Morgan fingerprint density at radius 3 is 1.20 bits per heavy atom. The SMILES string of the molecule is [C-]#[N+]c1cc(C#N)cc(-c2ccc3c4ccc(-c5cc(C#N)cc([N+]#[C-])c5)cc4n(-c4ccc(-c5nc(-c6ccccc6)cc(-c6ccccc6)n5)cc4-c4nc(-c5ccccc5)nc(-c5ccccc5)n4)c3c2)c1. The van der Waals surface area contributed by atoms with E-state index < -0.39 is 0 Å². The molecule has 75 heavy (non-hydrogen) atoms. The van der Waals surface area contributed by atoms with Crippen molar-refractivity contribution in [3.8, 4) is 108 Å². The van der Waals surface area contributed by atoms with E-state index in [1.807, 2.05) is 146 Å². The first-order chi connectivity index (χ1) is 36.9. The molecule has 12 aromatic rings. The molecule has 0 N–H and O–H groups in total. The van der Waals surface area contributed by atoms with Crippen LogP contribution in [0, 0.1) is 35.8 Å². The van der Waals surface area contributed by atoms with Crippen molar-refractivity contribution in [3.63, 3.8) is 0 Å². The van der Waals surface area contributed by atoms with Gasteiger partial charge < -0.3 is 4.57 Å². The predicted molar refractivity (Wildman–Crippen MR) is 295 cm³/mol. The fraction of sp³-hybridized carbons (Fsp3) is 0. The first-order valence-corrected chi connectivity index (χ1v) is 23.9. The van der Waals surface area contributed by atoms with Crippen LogP contribution in [0.2, 0.25) is 0 Å². The summed E-state index contributed by atoms with van der Waals surface area (Å²) in [7, 11) is 0. The number of hydrogen-bond donors (Lipinski definition) is 0. The zero-order valence-electron chi connectivity index (χ0n) is 39.8. The third-order valence-electron chi connectivity index (χ3n) is 13.1. The van der Waals surface area contributed by atoms with Crippen LogP contribution < -0.4 is 0 Å². The van der Waals surface area contributed by atoms with E-state index in [2.05, 4.69) is 62.8 Å². The van der Waals surface area contributed by atoms with Crippen molar-refractivity contribution < 1.29 is 0 Å². The maximum absolute atomic E-state index is 10.0. The zero-order valence-corrected chi connectivity index (χ0v) is 39.8. The van der Waals surface area contributed by atoms with Crippen LogP contribution >= 0.6 is 0 Å². The number of fused-ring (bicyclic) bond motifs is 3. The lowest BCUT2D eigenvalue weighted by Crippen LogP contribution is -2.05. The molecule has 0 atom stereocenters.